The lowest BCUT2D eigenvalue weighted by molar-refractivity contribution is -0.144. The summed E-state index contributed by atoms with van der Waals surface area (Å²) in [7, 11) is 0. The Morgan fingerprint density at radius 3 is 2.18 bits per heavy atom. The largest absolute Gasteiger partial charge is 0.480 e. The van der Waals surface area contributed by atoms with Crippen molar-refractivity contribution in [2.75, 3.05) is 32.0 Å². The van der Waals surface area contributed by atoms with Gasteiger partial charge in [-0.3, -0.25) is 9.59 Å². The van der Waals surface area contributed by atoms with Crippen molar-refractivity contribution >= 4 is 34.6 Å². The number of nitrogens with one attached hydrogen (secondary N) is 1. The van der Waals surface area contributed by atoms with Gasteiger partial charge in [-0.2, -0.15) is 5.10 Å². The van der Waals surface area contributed by atoms with Crippen molar-refractivity contribution in [2.45, 2.75) is 12.3 Å². The molecule has 4 aromatic rings. The van der Waals surface area contributed by atoms with Crippen LogP contribution in [0.5, 0.6) is 0 Å². The first-order chi connectivity index (χ1) is 18.9. The maximum atomic E-state index is 13.0. The number of fused-ring (bicyclic) bond motifs is 4. The average Bonchev–Trinajstić information content (AvgIpc) is 3.26. The normalized spacial score (nSPS) is 12.0. The first-order valence-corrected chi connectivity index (χ1v) is 12.5. The van der Waals surface area contributed by atoms with Crippen LogP contribution >= 0.6 is 0 Å². The van der Waals surface area contributed by atoms with Crippen LogP contribution in [0.3, 0.4) is 0 Å². The molecule has 0 saturated heterocycles. The molecule has 1 aliphatic carbocycles. The van der Waals surface area contributed by atoms with E-state index >= 15 is 0 Å². The number of amides is 2. The van der Waals surface area contributed by atoms with Crippen LogP contribution in [-0.4, -0.2) is 64.4 Å². The number of carboxylic acid groups (broad SMARTS) is 1. The fourth-order valence-corrected chi connectivity index (χ4v) is 4.96. The van der Waals surface area contributed by atoms with Crippen molar-refractivity contribution in [1.82, 2.24) is 20.4 Å². The number of benzene rings is 3. The minimum atomic E-state index is -1.17. The van der Waals surface area contributed by atoms with E-state index in [2.05, 4.69) is 27.6 Å². The predicted octanol–water partition coefficient (Wildman–Crippen LogP) is 3.21. The predicted molar refractivity (Wildman–Crippen MR) is 145 cm³/mol. The van der Waals surface area contributed by atoms with Crippen molar-refractivity contribution in [3.63, 3.8) is 0 Å². The number of nitrogens with zero attached hydrogens (tertiary/aromatic N) is 3. The van der Waals surface area contributed by atoms with Gasteiger partial charge in [0.25, 0.3) is 0 Å². The number of aliphatic carboxylic acids is 1. The molecule has 0 bridgehead atoms. The second-order valence-electron chi connectivity index (χ2n) is 9.22. The summed E-state index contributed by atoms with van der Waals surface area (Å²) >= 11 is 0. The van der Waals surface area contributed by atoms with Crippen LogP contribution in [0.1, 0.15) is 22.7 Å². The lowest BCUT2D eigenvalue weighted by Crippen LogP contribution is -2.42. The number of hydrogen-bond donors (Lipinski definition) is 3. The van der Waals surface area contributed by atoms with E-state index in [4.69, 9.17) is 10.5 Å². The summed E-state index contributed by atoms with van der Waals surface area (Å²) in [6.07, 6.45) is -0.804. The van der Waals surface area contributed by atoms with Gasteiger partial charge in [0, 0.05) is 29.8 Å². The molecule has 0 unspecified atom stereocenters. The van der Waals surface area contributed by atoms with Gasteiger partial charge < -0.3 is 25.8 Å². The van der Waals surface area contributed by atoms with E-state index < -0.39 is 24.5 Å². The Hall–Kier alpha value is -4.99. The third-order valence-corrected chi connectivity index (χ3v) is 6.78. The number of carbonyl (C=O) groups is 3. The molecule has 39 heavy (non-hydrogen) atoms. The van der Waals surface area contributed by atoms with Gasteiger partial charge in [-0.05, 0) is 22.3 Å². The Bertz CT molecular complexity index is 1510. The van der Waals surface area contributed by atoms with E-state index in [9.17, 15) is 19.5 Å². The fourth-order valence-electron chi connectivity index (χ4n) is 4.96. The number of hydrogen-bond acceptors (Lipinski definition) is 7. The molecule has 198 valence electrons. The summed E-state index contributed by atoms with van der Waals surface area (Å²) in [6, 6.07) is 23.2. The maximum absolute atomic E-state index is 13.0. The zero-order valence-electron chi connectivity index (χ0n) is 21.0. The van der Waals surface area contributed by atoms with Crippen LogP contribution in [0.15, 0.2) is 72.8 Å². The summed E-state index contributed by atoms with van der Waals surface area (Å²) in [5.74, 6) is -1.46. The Balaban J connectivity index is 1.18. The van der Waals surface area contributed by atoms with Gasteiger partial charge in [-0.1, -0.05) is 72.8 Å². The molecule has 1 heterocycles. The van der Waals surface area contributed by atoms with E-state index in [0.717, 1.165) is 27.2 Å². The summed E-state index contributed by atoms with van der Waals surface area (Å²) in [4.78, 5) is 38.1. The van der Waals surface area contributed by atoms with Gasteiger partial charge >= 0.3 is 12.1 Å². The number of alkyl carbamates (subject to hydrolysis) is 1. The van der Waals surface area contributed by atoms with Gasteiger partial charge in [0.05, 0.1) is 12.1 Å². The van der Waals surface area contributed by atoms with Crippen molar-refractivity contribution in [3.8, 4) is 11.1 Å². The molecule has 3 aromatic carbocycles. The second kappa shape index (κ2) is 11.2. The van der Waals surface area contributed by atoms with Gasteiger partial charge in [0.2, 0.25) is 5.91 Å². The van der Waals surface area contributed by atoms with Crippen LogP contribution in [0, 0.1) is 0 Å². The highest BCUT2D eigenvalue weighted by Crippen LogP contribution is 2.44. The van der Waals surface area contributed by atoms with Crippen molar-refractivity contribution in [1.29, 1.82) is 0 Å². The van der Waals surface area contributed by atoms with Crippen LogP contribution < -0.4 is 11.1 Å². The molecule has 0 spiro atoms. The standard InChI is InChI=1S/C29H27N5O5/c30-28-23-12-6-5-11-22(23)25(32-33-28)15-26(35)34(16-27(36)37)14-13-31-29(38)39-17-24-20-9-3-1-7-18(20)19-8-2-4-10-21(19)24/h1-12,24H,13-17H2,(H2,30,33)(H,31,38)(H,36,37). The molecule has 2 amide bonds. The third kappa shape index (κ3) is 5.49. The van der Waals surface area contributed by atoms with E-state index in [-0.39, 0.29) is 37.9 Å². The molecule has 10 nitrogen and oxygen atoms in total. The van der Waals surface area contributed by atoms with E-state index in [1.807, 2.05) is 36.4 Å². The number of rotatable bonds is 9. The first-order valence-electron chi connectivity index (χ1n) is 12.5. The zero-order chi connectivity index (χ0) is 27.4. The number of aromatic nitrogens is 2. The van der Waals surface area contributed by atoms with Crippen molar-refractivity contribution < 1.29 is 24.2 Å². The number of ether oxygens (including phenoxy) is 1. The molecular weight excluding hydrogens is 498 g/mol. The van der Waals surface area contributed by atoms with E-state index in [0.29, 0.717) is 16.5 Å². The van der Waals surface area contributed by atoms with Gasteiger partial charge in [0.1, 0.15) is 13.2 Å². The van der Waals surface area contributed by atoms with Crippen molar-refractivity contribution in [3.05, 3.63) is 89.6 Å². The summed E-state index contributed by atoms with van der Waals surface area (Å²) in [6.45, 7) is -0.369. The van der Waals surface area contributed by atoms with E-state index in [1.54, 1.807) is 24.3 Å². The quantitative estimate of drug-likeness (QED) is 0.302. The highest BCUT2D eigenvalue weighted by Gasteiger charge is 2.29. The molecule has 0 saturated carbocycles. The van der Waals surface area contributed by atoms with Crippen molar-refractivity contribution in [2.24, 2.45) is 0 Å². The fraction of sp³-hybridized carbons (Fsp3) is 0.207. The van der Waals surface area contributed by atoms with Crippen LogP contribution in [0.25, 0.3) is 21.9 Å². The zero-order valence-corrected chi connectivity index (χ0v) is 21.0. The molecule has 0 fully saturated rings. The summed E-state index contributed by atoms with van der Waals surface area (Å²) in [5, 5.41) is 21.3. The van der Waals surface area contributed by atoms with Gasteiger partial charge in [-0.25, -0.2) is 4.79 Å². The number of carbonyl (C=O) groups excluding carboxylic acids is 2. The molecule has 5 rings (SSSR count). The maximum Gasteiger partial charge on any atom is 0.407 e. The second-order valence-corrected chi connectivity index (χ2v) is 9.22. The molecule has 0 atom stereocenters. The highest BCUT2D eigenvalue weighted by atomic mass is 16.5. The smallest absolute Gasteiger partial charge is 0.407 e. The number of nitrogen functional groups attached to an aromatic ring is 1. The lowest BCUT2D eigenvalue weighted by Gasteiger charge is -2.21. The SMILES string of the molecule is Nc1nnc(CC(=O)N(CCNC(=O)OCC2c3ccccc3-c3ccccc32)CC(=O)O)c2ccccc12. The topological polar surface area (TPSA) is 148 Å². The van der Waals surface area contributed by atoms with Crippen LogP contribution in [0.4, 0.5) is 10.6 Å². The average molecular weight is 526 g/mol. The first kappa shape index (κ1) is 25.7. The minimum absolute atomic E-state index is 0.0177. The lowest BCUT2D eigenvalue weighted by atomic mass is 9.98. The number of anilines is 1. The van der Waals surface area contributed by atoms with Crippen LogP contribution in [0.2, 0.25) is 0 Å². The Labute approximate surface area is 224 Å². The van der Waals surface area contributed by atoms with Gasteiger partial charge in [-0.15, -0.1) is 5.10 Å². The summed E-state index contributed by atoms with van der Waals surface area (Å²) < 4.78 is 5.52. The third-order valence-electron chi connectivity index (χ3n) is 6.78. The van der Waals surface area contributed by atoms with Gasteiger partial charge in [0.15, 0.2) is 5.82 Å². The molecular formula is C29H27N5O5. The Kier molecular flexibility index (Phi) is 7.35. The molecule has 10 heteroatoms. The highest BCUT2D eigenvalue weighted by molar-refractivity contribution is 5.94. The summed E-state index contributed by atoms with van der Waals surface area (Å²) in [5.41, 5.74) is 10.7. The molecule has 0 radical (unpaired) electrons. The molecule has 4 N–H and O–H groups in total. The minimum Gasteiger partial charge on any atom is -0.480 e. The number of nitrogens with two attached hydrogens (primary N) is 1. The van der Waals surface area contributed by atoms with Crippen LogP contribution in [-0.2, 0) is 20.7 Å². The monoisotopic (exact) mass is 525 g/mol. The Morgan fingerprint density at radius 2 is 1.51 bits per heavy atom. The Morgan fingerprint density at radius 1 is 0.897 bits per heavy atom. The molecule has 1 aliphatic rings. The molecule has 1 aromatic heterocycles. The number of carboxylic acids is 1. The van der Waals surface area contributed by atoms with E-state index in [1.165, 1.54) is 0 Å². The molecule has 0 aliphatic heterocycles.